The Kier molecular flexibility index (Phi) is 5.27. The Morgan fingerprint density at radius 1 is 1.21 bits per heavy atom. The Morgan fingerprint density at radius 3 is 2.79 bits per heavy atom. The summed E-state index contributed by atoms with van der Waals surface area (Å²) < 4.78 is 5.00. The van der Waals surface area contributed by atoms with Crippen LogP contribution in [0.25, 0.3) is 0 Å². The van der Waals surface area contributed by atoms with Crippen LogP contribution in [0, 0.1) is 17.8 Å². The molecule has 4 atom stereocenters. The number of carbonyl (C=O) groups excluding carboxylic acids is 2. The molecule has 5 heteroatoms. The van der Waals surface area contributed by atoms with Gasteiger partial charge in [0.1, 0.15) is 6.26 Å². The zero-order valence-electron chi connectivity index (χ0n) is 14.7. The number of furan rings is 1. The van der Waals surface area contributed by atoms with E-state index in [0.29, 0.717) is 30.5 Å². The first-order valence-corrected chi connectivity index (χ1v) is 9.18. The third-order valence-corrected chi connectivity index (χ3v) is 5.88. The minimum atomic E-state index is -0.0981. The molecule has 1 saturated carbocycles. The number of likely N-dealkylation sites (tertiary alicyclic amines) is 1. The molecule has 1 N–H and O–H groups in total. The van der Waals surface area contributed by atoms with E-state index in [9.17, 15) is 9.59 Å². The van der Waals surface area contributed by atoms with Crippen LogP contribution in [0.3, 0.4) is 0 Å². The lowest BCUT2D eigenvalue weighted by Gasteiger charge is -2.37. The van der Waals surface area contributed by atoms with Crippen LogP contribution in [-0.4, -0.2) is 35.8 Å². The number of nitrogens with one attached hydrogen (secondary N) is 1. The zero-order valence-corrected chi connectivity index (χ0v) is 14.7. The number of carbonyl (C=O) groups is 2. The molecule has 24 heavy (non-hydrogen) atoms. The van der Waals surface area contributed by atoms with Crippen molar-refractivity contribution in [3.8, 4) is 0 Å². The summed E-state index contributed by atoms with van der Waals surface area (Å²) in [6.07, 6.45) is 8.22. The third-order valence-electron chi connectivity index (χ3n) is 5.88. The van der Waals surface area contributed by atoms with E-state index in [-0.39, 0.29) is 23.8 Å². The van der Waals surface area contributed by atoms with Gasteiger partial charge in [0.2, 0.25) is 5.91 Å². The van der Waals surface area contributed by atoms with E-state index in [1.165, 1.54) is 25.4 Å². The molecule has 3 rings (SSSR count). The number of rotatable bonds is 3. The van der Waals surface area contributed by atoms with E-state index in [2.05, 4.69) is 19.2 Å². The highest BCUT2D eigenvalue weighted by Gasteiger charge is 2.33. The molecule has 0 spiro atoms. The average molecular weight is 332 g/mol. The van der Waals surface area contributed by atoms with Crippen LogP contribution in [0.15, 0.2) is 23.0 Å². The summed E-state index contributed by atoms with van der Waals surface area (Å²) in [6, 6.07) is 1.96. The quantitative estimate of drug-likeness (QED) is 0.925. The Labute approximate surface area is 143 Å². The SMILES string of the molecule is C[C@@H]1[C@H](C)CCC[C@@H]1NC(=O)[C@@H]1CCCN(C(=O)c2ccoc2)C1. The summed E-state index contributed by atoms with van der Waals surface area (Å²) in [6.45, 7) is 5.73. The second-order valence-electron chi connectivity index (χ2n) is 7.48. The van der Waals surface area contributed by atoms with Crippen LogP contribution in [-0.2, 0) is 4.79 Å². The van der Waals surface area contributed by atoms with Crippen molar-refractivity contribution in [1.82, 2.24) is 10.2 Å². The normalized spacial score (nSPS) is 30.8. The fourth-order valence-corrected chi connectivity index (χ4v) is 4.03. The lowest BCUT2D eigenvalue weighted by molar-refractivity contribution is -0.127. The average Bonchev–Trinajstić information content (AvgIpc) is 3.13. The van der Waals surface area contributed by atoms with Crippen LogP contribution in [0.5, 0.6) is 0 Å². The van der Waals surface area contributed by atoms with E-state index < -0.39 is 0 Å². The van der Waals surface area contributed by atoms with Crippen molar-refractivity contribution in [2.24, 2.45) is 17.8 Å². The fraction of sp³-hybridized carbons (Fsp3) is 0.684. The topological polar surface area (TPSA) is 62.6 Å². The second kappa shape index (κ2) is 7.41. The predicted molar refractivity (Wildman–Crippen MR) is 91.4 cm³/mol. The highest BCUT2D eigenvalue weighted by molar-refractivity contribution is 5.94. The molecule has 1 aliphatic carbocycles. The van der Waals surface area contributed by atoms with Gasteiger partial charge < -0.3 is 14.6 Å². The summed E-state index contributed by atoms with van der Waals surface area (Å²) in [7, 11) is 0. The first-order chi connectivity index (χ1) is 11.6. The van der Waals surface area contributed by atoms with Crippen LogP contribution in [0.4, 0.5) is 0 Å². The maximum Gasteiger partial charge on any atom is 0.257 e. The summed E-state index contributed by atoms with van der Waals surface area (Å²) in [5.41, 5.74) is 0.561. The van der Waals surface area contributed by atoms with Crippen LogP contribution < -0.4 is 5.32 Å². The number of amides is 2. The molecule has 0 bridgehead atoms. The van der Waals surface area contributed by atoms with E-state index in [1.54, 1.807) is 11.0 Å². The highest BCUT2D eigenvalue weighted by atomic mass is 16.3. The first-order valence-electron chi connectivity index (χ1n) is 9.18. The van der Waals surface area contributed by atoms with Crippen LogP contribution >= 0.6 is 0 Å². The van der Waals surface area contributed by atoms with Gasteiger partial charge >= 0.3 is 0 Å². The third kappa shape index (κ3) is 3.65. The van der Waals surface area contributed by atoms with Gasteiger partial charge in [0.05, 0.1) is 17.7 Å². The number of nitrogens with zero attached hydrogens (tertiary/aromatic N) is 1. The standard InChI is InChI=1S/C19H28N2O3/c1-13-5-3-7-17(14(13)2)20-18(22)15-6-4-9-21(11-15)19(23)16-8-10-24-12-16/h8,10,12-15,17H,3-7,9,11H2,1-2H3,(H,20,22)/t13-,14-,15-,17+/m1/s1. The Balaban J connectivity index is 1.58. The summed E-state index contributed by atoms with van der Waals surface area (Å²) in [4.78, 5) is 26.9. The van der Waals surface area contributed by atoms with Crippen LogP contribution in [0.1, 0.15) is 56.3 Å². The molecule has 2 heterocycles. The molecule has 1 aromatic rings. The number of piperidine rings is 1. The number of hydrogen-bond donors (Lipinski definition) is 1. The van der Waals surface area contributed by atoms with Crippen molar-refractivity contribution < 1.29 is 14.0 Å². The Hall–Kier alpha value is -1.78. The molecule has 0 unspecified atom stereocenters. The van der Waals surface area contributed by atoms with Crippen molar-refractivity contribution >= 4 is 11.8 Å². The lowest BCUT2D eigenvalue weighted by atomic mass is 9.78. The minimum absolute atomic E-state index is 0.0408. The molecule has 0 radical (unpaired) electrons. The molecule has 5 nitrogen and oxygen atoms in total. The van der Waals surface area contributed by atoms with Gasteiger partial charge in [-0.2, -0.15) is 0 Å². The first kappa shape index (κ1) is 17.1. The zero-order chi connectivity index (χ0) is 17.1. The molecule has 132 valence electrons. The number of hydrogen-bond acceptors (Lipinski definition) is 3. The van der Waals surface area contributed by atoms with Gasteiger partial charge in [-0.25, -0.2) is 0 Å². The molecule has 0 aromatic carbocycles. The van der Waals surface area contributed by atoms with Crippen molar-refractivity contribution in [1.29, 1.82) is 0 Å². The summed E-state index contributed by atoms with van der Waals surface area (Å²) in [5, 5.41) is 3.27. The van der Waals surface area contributed by atoms with Gasteiger partial charge in [0.25, 0.3) is 5.91 Å². The van der Waals surface area contributed by atoms with Gasteiger partial charge in [0.15, 0.2) is 0 Å². The van der Waals surface area contributed by atoms with E-state index in [4.69, 9.17) is 4.42 Å². The smallest absolute Gasteiger partial charge is 0.257 e. The molecule has 1 aromatic heterocycles. The summed E-state index contributed by atoms with van der Waals surface area (Å²) in [5.74, 6) is 1.16. The molecule has 2 amide bonds. The maximum absolute atomic E-state index is 12.7. The Morgan fingerprint density at radius 2 is 2.04 bits per heavy atom. The van der Waals surface area contributed by atoms with Gasteiger partial charge in [0, 0.05) is 19.1 Å². The highest BCUT2D eigenvalue weighted by Crippen LogP contribution is 2.30. The van der Waals surface area contributed by atoms with Crippen molar-refractivity contribution in [2.45, 2.75) is 52.0 Å². The molecule has 1 saturated heterocycles. The van der Waals surface area contributed by atoms with Gasteiger partial charge in [-0.05, 0) is 37.2 Å². The van der Waals surface area contributed by atoms with Crippen molar-refractivity contribution in [2.75, 3.05) is 13.1 Å². The van der Waals surface area contributed by atoms with E-state index in [0.717, 1.165) is 19.3 Å². The lowest BCUT2D eigenvalue weighted by Crippen LogP contribution is -2.50. The van der Waals surface area contributed by atoms with Gasteiger partial charge in [-0.15, -0.1) is 0 Å². The molecule has 2 fully saturated rings. The fourth-order valence-electron chi connectivity index (χ4n) is 4.03. The largest absolute Gasteiger partial charge is 0.472 e. The van der Waals surface area contributed by atoms with Gasteiger partial charge in [-0.1, -0.05) is 26.7 Å². The van der Waals surface area contributed by atoms with Gasteiger partial charge in [-0.3, -0.25) is 9.59 Å². The maximum atomic E-state index is 12.7. The van der Waals surface area contributed by atoms with Crippen molar-refractivity contribution in [3.05, 3.63) is 24.2 Å². The molecule has 1 aliphatic heterocycles. The monoisotopic (exact) mass is 332 g/mol. The summed E-state index contributed by atoms with van der Waals surface area (Å²) >= 11 is 0. The molecular formula is C19H28N2O3. The van der Waals surface area contributed by atoms with Crippen molar-refractivity contribution in [3.63, 3.8) is 0 Å². The second-order valence-corrected chi connectivity index (χ2v) is 7.48. The molecular weight excluding hydrogens is 304 g/mol. The minimum Gasteiger partial charge on any atom is -0.472 e. The van der Waals surface area contributed by atoms with E-state index >= 15 is 0 Å². The van der Waals surface area contributed by atoms with Crippen LogP contribution in [0.2, 0.25) is 0 Å². The predicted octanol–water partition coefficient (Wildman–Crippen LogP) is 3.07. The molecule has 2 aliphatic rings. The van der Waals surface area contributed by atoms with E-state index in [1.807, 2.05) is 0 Å². The Bertz CT molecular complexity index is 569.